The summed E-state index contributed by atoms with van der Waals surface area (Å²) in [4.78, 5) is 29.6. The lowest BCUT2D eigenvalue weighted by Crippen LogP contribution is -2.21. The highest BCUT2D eigenvalue weighted by Gasteiger charge is 2.20. The van der Waals surface area contributed by atoms with Crippen LogP contribution in [0.25, 0.3) is 39.5 Å². The third-order valence-corrected chi connectivity index (χ3v) is 5.76. The molecule has 0 amide bonds. The van der Waals surface area contributed by atoms with Gasteiger partial charge in [-0.05, 0) is 49.7 Å². The number of rotatable bonds is 4. The fraction of sp³-hybridized carbons (Fsp3) is 0.160. The van der Waals surface area contributed by atoms with Gasteiger partial charge in [0.15, 0.2) is 5.65 Å². The second kappa shape index (κ2) is 7.57. The van der Waals surface area contributed by atoms with E-state index in [9.17, 15) is 10.1 Å². The van der Waals surface area contributed by atoms with E-state index in [0.29, 0.717) is 17.1 Å². The molecule has 0 aliphatic rings. The lowest BCUT2D eigenvalue weighted by molar-refractivity contribution is 0.686. The van der Waals surface area contributed by atoms with Crippen LogP contribution in [0.1, 0.15) is 19.4 Å². The number of benzene rings is 1. The maximum atomic E-state index is 13.0. The van der Waals surface area contributed by atoms with E-state index >= 15 is 0 Å². The molecule has 4 aromatic heterocycles. The molecule has 8 heteroatoms. The third kappa shape index (κ3) is 3.49. The van der Waals surface area contributed by atoms with Gasteiger partial charge in [-0.2, -0.15) is 5.26 Å². The lowest BCUT2D eigenvalue weighted by atomic mass is 9.86. The molecule has 0 fully saturated rings. The van der Waals surface area contributed by atoms with Gasteiger partial charge in [0.25, 0.3) is 0 Å². The molecule has 0 atom stereocenters. The Morgan fingerprint density at radius 2 is 1.85 bits per heavy atom. The van der Waals surface area contributed by atoms with Crippen molar-refractivity contribution in [1.29, 1.82) is 5.26 Å². The fourth-order valence-corrected chi connectivity index (χ4v) is 3.78. The number of fused-ring (bicyclic) bond motifs is 1. The van der Waals surface area contributed by atoms with Gasteiger partial charge < -0.3 is 9.55 Å². The summed E-state index contributed by atoms with van der Waals surface area (Å²) in [6.07, 6.45) is 6.99. The monoisotopic (exact) mass is 435 g/mol. The van der Waals surface area contributed by atoms with E-state index in [0.717, 1.165) is 28.0 Å². The smallest absolute Gasteiger partial charge is 0.333 e. The molecule has 0 spiro atoms. The number of H-pyrrole nitrogens is 1. The average Bonchev–Trinajstić information content (AvgIpc) is 3.43. The van der Waals surface area contributed by atoms with Crippen molar-refractivity contribution in [1.82, 2.24) is 29.1 Å². The molecule has 162 valence electrons. The first kappa shape index (κ1) is 20.4. The summed E-state index contributed by atoms with van der Waals surface area (Å²) >= 11 is 0. The predicted molar refractivity (Wildman–Crippen MR) is 126 cm³/mol. The van der Waals surface area contributed by atoms with Gasteiger partial charge in [-0.25, -0.2) is 14.8 Å². The van der Waals surface area contributed by atoms with Crippen LogP contribution < -0.4 is 5.69 Å². The molecule has 8 nitrogen and oxygen atoms in total. The first-order valence-corrected chi connectivity index (χ1v) is 10.4. The summed E-state index contributed by atoms with van der Waals surface area (Å²) in [7, 11) is 1.71. The highest BCUT2D eigenvalue weighted by Crippen LogP contribution is 2.27. The molecule has 1 N–H and O–H groups in total. The third-order valence-electron chi connectivity index (χ3n) is 5.76. The normalized spacial score (nSPS) is 11.6. The van der Waals surface area contributed by atoms with Crippen molar-refractivity contribution < 1.29 is 0 Å². The number of hydrogen-bond acceptors (Lipinski definition) is 5. The van der Waals surface area contributed by atoms with Crippen molar-refractivity contribution in [3.63, 3.8) is 0 Å². The van der Waals surface area contributed by atoms with E-state index in [4.69, 9.17) is 0 Å². The number of aromatic amines is 1. The van der Waals surface area contributed by atoms with E-state index < -0.39 is 5.41 Å². The van der Waals surface area contributed by atoms with Crippen molar-refractivity contribution in [2.75, 3.05) is 0 Å². The van der Waals surface area contributed by atoms with Gasteiger partial charge in [-0.15, -0.1) is 0 Å². The fourth-order valence-electron chi connectivity index (χ4n) is 3.78. The molecule has 1 aromatic carbocycles. The van der Waals surface area contributed by atoms with Crippen molar-refractivity contribution >= 4 is 11.2 Å². The van der Waals surface area contributed by atoms with Gasteiger partial charge in [0.2, 0.25) is 0 Å². The summed E-state index contributed by atoms with van der Waals surface area (Å²) in [6, 6.07) is 15.4. The molecular weight excluding hydrogens is 414 g/mol. The molecule has 0 unspecified atom stereocenters. The second-order valence-electron chi connectivity index (χ2n) is 8.42. The number of pyridine rings is 1. The Hall–Kier alpha value is -4.51. The SMILES string of the molecule is Cn1cc(-c2cc(-c3cnc4[nH]ccc4n3)ccn2)n(-c2ccc(C(C)(C)C#N)cc2)c1=O. The standard InChI is InChI=1S/C25H21N7O/c1-25(2,15-26)17-4-6-18(7-5-17)32-22(14-31(3)24(32)33)20-12-16(8-10-27-20)21-13-29-23-19(30-21)9-11-28-23/h4-14H,1-3H3,(H,28,29). The Kier molecular flexibility index (Phi) is 4.68. The lowest BCUT2D eigenvalue weighted by Gasteiger charge is -2.16. The number of nitriles is 1. The summed E-state index contributed by atoms with van der Waals surface area (Å²) in [5.74, 6) is 0. The summed E-state index contributed by atoms with van der Waals surface area (Å²) in [5, 5.41) is 9.41. The van der Waals surface area contributed by atoms with Crippen molar-refractivity contribution in [2.24, 2.45) is 7.05 Å². The van der Waals surface area contributed by atoms with Crippen LogP contribution in [0.3, 0.4) is 0 Å². The van der Waals surface area contributed by atoms with Crippen molar-refractivity contribution in [2.45, 2.75) is 19.3 Å². The molecular formula is C25H21N7O. The second-order valence-corrected chi connectivity index (χ2v) is 8.42. The Morgan fingerprint density at radius 3 is 2.61 bits per heavy atom. The van der Waals surface area contributed by atoms with E-state index in [1.165, 1.54) is 4.57 Å². The number of aromatic nitrogens is 6. The molecule has 5 aromatic rings. The summed E-state index contributed by atoms with van der Waals surface area (Å²) in [6.45, 7) is 3.73. The first-order valence-electron chi connectivity index (χ1n) is 10.4. The number of nitrogens with zero attached hydrogens (tertiary/aromatic N) is 6. The maximum Gasteiger partial charge on any atom is 0.333 e. The minimum atomic E-state index is -0.611. The predicted octanol–water partition coefficient (Wildman–Crippen LogP) is 3.98. The average molecular weight is 435 g/mol. The number of aryl methyl sites for hydroxylation is 1. The number of hydrogen-bond donors (Lipinski definition) is 1. The van der Waals surface area contributed by atoms with Crippen LogP contribution in [-0.4, -0.2) is 29.1 Å². The molecule has 5 rings (SSSR count). The van der Waals surface area contributed by atoms with E-state index in [2.05, 4.69) is 26.0 Å². The number of imidazole rings is 1. The zero-order chi connectivity index (χ0) is 23.2. The summed E-state index contributed by atoms with van der Waals surface area (Å²) < 4.78 is 3.15. The molecule has 0 aliphatic heterocycles. The Labute approximate surface area is 189 Å². The van der Waals surface area contributed by atoms with Gasteiger partial charge in [-0.1, -0.05) is 12.1 Å². The van der Waals surface area contributed by atoms with E-state index in [-0.39, 0.29) is 5.69 Å². The van der Waals surface area contributed by atoms with Gasteiger partial charge in [0.1, 0.15) is 5.52 Å². The Morgan fingerprint density at radius 1 is 1.06 bits per heavy atom. The maximum absolute atomic E-state index is 13.0. The molecule has 0 bridgehead atoms. The highest BCUT2D eigenvalue weighted by molar-refractivity contribution is 5.75. The number of nitrogens with one attached hydrogen (secondary N) is 1. The zero-order valence-electron chi connectivity index (χ0n) is 18.4. The highest BCUT2D eigenvalue weighted by atomic mass is 16.1. The molecule has 4 heterocycles. The van der Waals surface area contributed by atoms with Crippen molar-refractivity contribution in [3.8, 4) is 34.4 Å². The zero-order valence-corrected chi connectivity index (χ0v) is 18.4. The molecule has 33 heavy (non-hydrogen) atoms. The minimum absolute atomic E-state index is 0.182. The Balaban J connectivity index is 1.60. The van der Waals surface area contributed by atoms with Crippen LogP contribution in [0.2, 0.25) is 0 Å². The van der Waals surface area contributed by atoms with Crippen LogP contribution in [-0.2, 0) is 12.5 Å². The van der Waals surface area contributed by atoms with Gasteiger partial charge in [-0.3, -0.25) is 9.55 Å². The van der Waals surface area contributed by atoms with Crippen LogP contribution in [0.15, 0.2) is 72.0 Å². The van der Waals surface area contributed by atoms with Gasteiger partial charge in [0, 0.05) is 31.2 Å². The van der Waals surface area contributed by atoms with Crippen LogP contribution >= 0.6 is 0 Å². The van der Waals surface area contributed by atoms with Gasteiger partial charge in [0.05, 0.1) is 40.5 Å². The van der Waals surface area contributed by atoms with E-state index in [1.54, 1.807) is 36.4 Å². The van der Waals surface area contributed by atoms with Crippen LogP contribution in [0, 0.1) is 11.3 Å². The van der Waals surface area contributed by atoms with Crippen LogP contribution in [0.4, 0.5) is 0 Å². The first-order chi connectivity index (χ1) is 15.9. The van der Waals surface area contributed by atoms with Gasteiger partial charge >= 0.3 is 5.69 Å². The van der Waals surface area contributed by atoms with Crippen molar-refractivity contribution in [3.05, 3.63) is 83.3 Å². The largest absolute Gasteiger partial charge is 0.345 e. The topological polar surface area (TPSA) is 105 Å². The molecule has 0 saturated carbocycles. The minimum Gasteiger partial charge on any atom is -0.345 e. The molecule has 0 radical (unpaired) electrons. The van der Waals surface area contributed by atoms with Crippen LogP contribution in [0.5, 0.6) is 0 Å². The van der Waals surface area contributed by atoms with E-state index in [1.807, 2.05) is 56.3 Å². The molecule has 0 aliphatic carbocycles. The summed E-state index contributed by atoms with van der Waals surface area (Å²) in [5.41, 5.74) is 5.18. The Bertz CT molecular complexity index is 1580. The quantitative estimate of drug-likeness (QED) is 0.460. The molecule has 0 saturated heterocycles.